The molecule has 3 fully saturated rings. The Labute approximate surface area is 99.6 Å². The SMILES string of the molecule is NCCC1(CN2CCCC3CCCC32)CC1. The van der Waals surface area contributed by atoms with Gasteiger partial charge in [-0.25, -0.2) is 0 Å². The minimum Gasteiger partial charge on any atom is -0.330 e. The highest BCUT2D eigenvalue weighted by atomic mass is 15.2. The topological polar surface area (TPSA) is 29.3 Å². The van der Waals surface area contributed by atoms with Gasteiger partial charge in [-0.15, -0.1) is 0 Å². The molecule has 3 aliphatic rings. The van der Waals surface area contributed by atoms with Crippen molar-refractivity contribution in [3.05, 3.63) is 0 Å². The first-order valence-corrected chi connectivity index (χ1v) is 7.27. The molecule has 2 unspecified atom stereocenters. The maximum atomic E-state index is 5.75. The third-order valence-electron chi connectivity index (χ3n) is 5.28. The van der Waals surface area contributed by atoms with E-state index in [1.165, 1.54) is 64.5 Å². The molecule has 92 valence electrons. The summed E-state index contributed by atoms with van der Waals surface area (Å²) in [7, 11) is 0. The van der Waals surface area contributed by atoms with Crippen molar-refractivity contribution in [1.29, 1.82) is 0 Å². The summed E-state index contributed by atoms with van der Waals surface area (Å²) in [6.07, 6.45) is 11.6. The fourth-order valence-corrected chi connectivity index (χ4v) is 4.15. The highest BCUT2D eigenvalue weighted by molar-refractivity contribution is 4.99. The van der Waals surface area contributed by atoms with Gasteiger partial charge in [-0.05, 0) is 69.4 Å². The van der Waals surface area contributed by atoms with Gasteiger partial charge in [0.2, 0.25) is 0 Å². The molecule has 1 heterocycles. The van der Waals surface area contributed by atoms with Crippen LogP contribution in [-0.4, -0.2) is 30.6 Å². The quantitative estimate of drug-likeness (QED) is 0.791. The summed E-state index contributed by atoms with van der Waals surface area (Å²) in [5.41, 5.74) is 6.40. The Kier molecular flexibility index (Phi) is 2.97. The van der Waals surface area contributed by atoms with E-state index in [0.717, 1.165) is 18.5 Å². The highest BCUT2D eigenvalue weighted by Crippen LogP contribution is 2.50. The number of nitrogens with two attached hydrogens (primary N) is 1. The maximum absolute atomic E-state index is 5.75. The first kappa shape index (κ1) is 11.0. The van der Waals surface area contributed by atoms with Gasteiger partial charge >= 0.3 is 0 Å². The molecule has 0 bridgehead atoms. The Hall–Kier alpha value is -0.0800. The molecule has 0 aromatic rings. The Morgan fingerprint density at radius 2 is 1.94 bits per heavy atom. The van der Waals surface area contributed by atoms with E-state index in [-0.39, 0.29) is 0 Å². The number of hydrogen-bond donors (Lipinski definition) is 1. The van der Waals surface area contributed by atoms with Gasteiger partial charge in [0.25, 0.3) is 0 Å². The number of likely N-dealkylation sites (tertiary alicyclic amines) is 1. The van der Waals surface area contributed by atoms with Crippen molar-refractivity contribution in [2.75, 3.05) is 19.6 Å². The van der Waals surface area contributed by atoms with Gasteiger partial charge in [0.15, 0.2) is 0 Å². The monoisotopic (exact) mass is 222 g/mol. The Morgan fingerprint density at radius 3 is 2.69 bits per heavy atom. The first-order valence-electron chi connectivity index (χ1n) is 7.27. The van der Waals surface area contributed by atoms with Crippen LogP contribution in [0.4, 0.5) is 0 Å². The van der Waals surface area contributed by atoms with Crippen LogP contribution in [0.1, 0.15) is 51.4 Å². The minimum atomic E-state index is 0.652. The Balaban J connectivity index is 1.61. The van der Waals surface area contributed by atoms with Gasteiger partial charge in [0.05, 0.1) is 0 Å². The van der Waals surface area contributed by atoms with E-state index in [1.54, 1.807) is 0 Å². The first-order chi connectivity index (χ1) is 7.83. The summed E-state index contributed by atoms with van der Waals surface area (Å²) in [4.78, 5) is 2.84. The molecule has 0 radical (unpaired) electrons. The summed E-state index contributed by atoms with van der Waals surface area (Å²) in [6.45, 7) is 3.63. The van der Waals surface area contributed by atoms with Crippen LogP contribution in [0.15, 0.2) is 0 Å². The average Bonchev–Trinajstić information content (AvgIpc) is 2.87. The van der Waals surface area contributed by atoms with Crippen LogP contribution in [0, 0.1) is 11.3 Å². The summed E-state index contributed by atoms with van der Waals surface area (Å²) in [6, 6.07) is 0.948. The normalized spacial score (nSPS) is 37.3. The summed E-state index contributed by atoms with van der Waals surface area (Å²) in [5, 5.41) is 0. The van der Waals surface area contributed by atoms with Crippen LogP contribution in [0.5, 0.6) is 0 Å². The Morgan fingerprint density at radius 1 is 1.12 bits per heavy atom. The predicted molar refractivity (Wildman–Crippen MR) is 67.3 cm³/mol. The van der Waals surface area contributed by atoms with Crippen LogP contribution in [0.25, 0.3) is 0 Å². The molecule has 0 aromatic carbocycles. The van der Waals surface area contributed by atoms with Gasteiger partial charge < -0.3 is 5.73 Å². The second kappa shape index (κ2) is 4.30. The minimum absolute atomic E-state index is 0.652. The third kappa shape index (κ3) is 2.02. The molecular weight excluding hydrogens is 196 g/mol. The molecular formula is C14H26N2. The van der Waals surface area contributed by atoms with E-state index in [0.29, 0.717) is 5.41 Å². The van der Waals surface area contributed by atoms with Gasteiger partial charge in [0.1, 0.15) is 0 Å². The molecule has 2 N–H and O–H groups in total. The van der Waals surface area contributed by atoms with Crippen molar-refractivity contribution in [1.82, 2.24) is 4.90 Å². The lowest BCUT2D eigenvalue weighted by Gasteiger charge is -2.40. The fraction of sp³-hybridized carbons (Fsp3) is 1.00. The zero-order valence-electron chi connectivity index (χ0n) is 10.5. The van der Waals surface area contributed by atoms with Gasteiger partial charge in [0, 0.05) is 12.6 Å². The molecule has 2 aliphatic carbocycles. The number of fused-ring (bicyclic) bond motifs is 1. The molecule has 0 spiro atoms. The second-order valence-corrected chi connectivity index (χ2v) is 6.41. The van der Waals surface area contributed by atoms with Crippen molar-refractivity contribution in [3.63, 3.8) is 0 Å². The molecule has 2 nitrogen and oxygen atoms in total. The Bertz CT molecular complexity index is 247. The van der Waals surface area contributed by atoms with Gasteiger partial charge in [-0.1, -0.05) is 6.42 Å². The molecule has 2 atom stereocenters. The number of piperidine rings is 1. The van der Waals surface area contributed by atoms with Crippen molar-refractivity contribution >= 4 is 0 Å². The summed E-state index contributed by atoms with van der Waals surface area (Å²) < 4.78 is 0. The fourth-order valence-electron chi connectivity index (χ4n) is 4.15. The molecule has 1 aliphatic heterocycles. The van der Waals surface area contributed by atoms with Crippen molar-refractivity contribution in [2.45, 2.75) is 57.4 Å². The molecule has 0 amide bonds. The predicted octanol–water partition coefficient (Wildman–Crippen LogP) is 2.38. The average molecular weight is 222 g/mol. The van der Waals surface area contributed by atoms with Crippen LogP contribution in [0.2, 0.25) is 0 Å². The van der Waals surface area contributed by atoms with E-state index < -0.39 is 0 Å². The second-order valence-electron chi connectivity index (χ2n) is 6.41. The lowest BCUT2D eigenvalue weighted by molar-refractivity contribution is 0.0874. The smallest absolute Gasteiger partial charge is 0.0124 e. The van der Waals surface area contributed by atoms with Gasteiger partial charge in [-0.2, -0.15) is 0 Å². The van der Waals surface area contributed by atoms with Crippen molar-refractivity contribution in [2.24, 2.45) is 17.1 Å². The highest BCUT2D eigenvalue weighted by Gasteiger charge is 2.45. The molecule has 16 heavy (non-hydrogen) atoms. The van der Waals surface area contributed by atoms with Crippen LogP contribution in [0.3, 0.4) is 0 Å². The van der Waals surface area contributed by atoms with E-state index in [1.807, 2.05) is 0 Å². The van der Waals surface area contributed by atoms with Crippen LogP contribution in [-0.2, 0) is 0 Å². The largest absolute Gasteiger partial charge is 0.330 e. The van der Waals surface area contributed by atoms with Crippen molar-refractivity contribution in [3.8, 4) is 0 Å². The zero-order chi connectivity index (χ0) is 11.0. The maximum Gasteiger partial charge on any atom is 0.0124 e. The third-order valence-corrected chi connectivity index (χ3v) is 5.28. The van der Waals surface area contributed by atoms with E-state index in [4.69, 9.17) is 5.73 Å². The molecule has 3 rings (SSSR count). The lowest BCUT2D eigenvalue weighted by atomic mass is 9.90. The number of hydrogen-bond acceptors (Lipinski definition) is 2. The van der Waals surface area contributed by atoms with E-state index in [2.05, 4.69) is 4.90 Å². The molecule has 1 saturated heterocycles. The van der Waals surface area contributed by atoms with Gasteiger partial charge in [-0.3, -0.25) is 4.90 Å². The van der Waals surface area contributed by atoms with E-state index >= 15 is 0 Å². The standard InChI is InChI=1S/C14H26N2/c15-9-8-14(6-7-14)11-16-10-2-4-12-3-1-5-13(12)16/h12-13H,1-11,15H2. The van der Waals surface area contributed by atoms with Crippen LogP contribution >= 0.6 is 0 Å². The lowest BCUT2D eigenvalue weighted by Crippen LogP contribution is -2.45. The number of nitrogens with zero attached hydrogens (tertiary/aromatic N) is 1. The molecule has 0 aromatic heterocycles. The van der Waals surface area contributed by atoms with E-state index in [9.17, 15) is 0 Å². The molecule has 2 saturated carbocycles. The van der Waals surface area contributed by atoms with Crippen molar-refractivity contribution < 1.29 is 0 Å². The van der Waals surface area contributed by atoms with Crippen LogP contribution < -0.4 is 5.73 Å². The number of rotatable bonds is 4. The molecule has 2 heteroatoms. The summed E-state index contributed by atoms with van der Waals surface area (Å²) in [5.74, 6) is 1.04. The summed E-state index contributed by atoms with van der Waals surface area (Å²) >= 11 is 0. The zero-order valence-corrected chi connectivity index (χ0v) is 10.5.